The second-order valence-corrected chi connectivity index (χ2v) is 8.43. The summed E-state index contributed by atoms with van der Waals surface area (Å²) in [6, 6.07) is 15.1. The Labute approximate surface area is 171 Å². The molecule has 2 N–H and O–H groups in total. The SMILES string of the molecule is Cc1ccc(NC(=O)c2ccccc2SCC(=O)NCC2CCCCC2)cc1. The zero-order valence-corrected chi connectivity index (χ0v) is 17.2. The summed E-state index contributed by atoms with van der Waals surface area (Å²) in [7, 11) is 0. The van der Waals surface area contributed by atoms with Gasteiger partial charge in [0.15, 0.2) is 0 Å². The minimum Gasteiger partial charge on any atom is -0.355 e. The van der Waals surface area contributed by atoms with Crippen molar-refractivity contribution in [1.29, 1.82) is 0 Å². The number of thioether (sulfide) groups is 1. The first kappa shape index (κ1) is 20.5. The van der Waals surface area contributed by atoms with Gasteiger partial charge in [0.2, 0.25) is 5.91 Å². The van der Waals surface area contributed by atoms with E-state index in [1.807, 2.05) is 49.4 Å². The van der Waals surface area contributed by atoms with E-state index in [0.29, 0.717) is 17.2 Å². The highest BCUT2D eigenvalue weighted by atomic mass is 32.2. The molecule has 0 radical (unpaired) electrons. The van der Waals surface area contributed by atoms with Crippen LogP contribution in [0.4, 0.5) is 5.69 Å². The van der Waals surface area contributed by atoms with Crippen LogP contribution in [0.3, 0.4) is 0 Å². The average Bonchev–Trinajstić information content (AvgIpc) is 2.73. The zero-order chi connectivity index (χ0) is 19.8. The lowest BCUT2D eigenvalue weighted by Gasteiger charge is -2.21. The Hall–Kier alpha value is -2.27. The molecule has 0 bridgehead atoms. The molecule has 28 heavy (non-hydrogen) atoms. The third-order valence-electron chi connectivity index (χ3n) is 5.11. The summed E-state index contributed by atoms with van der Waals surface area (Å²) in [6.45, 7) is 2.78. The minimum absolute atomic E-state index is 0.0318. The molecule has 1 aliphatic carbocycles. The van der Waals surface area contributed by atoms with Gasteiger partial charge in [0.05, 0.1) is 11.3 Å². The van der Waals surface area contributed by atoms with Crippen molar-refractivity contribution in [3.8, 4) is 0 Å². The second-order valence-electron chi connectivity index (χ2n) is 7.41. The van der Waals surface area contributed by atoms with E-state index in [4.69, 9.17) is 0 Å². The first-order chi connectivity index (χ1) is 13.6. The molecule has 1 fully saturated rings. The number of hydrogen-bond acceptors (Lipinski definition) is 3. The molecule has 0 heterocycles. The van der Waals surface area contributed by atoms with Crippen molar-refractivity contribution in [3.63, 3.8) is 0 Å². The molecule has 0 aliphatic heterocycles. The van der Waals surface area contributed by atoms with Gasteiger partial charge in [-0.25, -0.2) is 0 Å². The summed E-state index contributed by atoms with van der Waals surface area (Å²) in [4.78, 5) is 25.7. The van der Waals surface area contributed by atoms with Gasteiger partial charge in [-0.3, -0.25) is 9.59 Å². The van der Waals surface area contributed by atoms with Crippen LogP contribution in [0.25, 0.3) is 0 Å². The molecular formula is C23H28N2O2S. The predicted molar refractivity (Wildman–Crippen MR) is 116 cm³/mol. The van der Waals surface area contributed by atoms with Crippen LogP contribution in [-0.2, 0) is 4.79 Å². The molecule has 0 spiro atoms. The molecule has 1 aliphatic rings. The second kappa shape index (κ2) is 10.3. The number of aryl methyl sites for hydroxylation is 1. The van der Waals surface area contributed by atoms with Crippen LogP contribution in [0, 0.1) is 12.8 Å². The van der Waals surface area contributed by atoms with Crippen LogP contribution >= 0.6 is 11.8 Å². The number of hydrogen-bond donors (Lipinski definition) is 2. The Bertz CT molecular complexity index is 799. The maximum atomic E-state index is 12.7. The Kier molecular flexibility index (Phi) is 7.54. The summed E-state index contributed by atoms with van der Waals surface area (Å²) < 4.78 is 0. The molecule has 0 unspecified atom stereocenters. The Balaban J connectivity index is 1.53. The summed E-state index contributed by atoms with van der Waals surface area (Å²) in [5.74, 6) is 0.816. The molecule has 0 aromatic heterocycles. The van der Waals surface area contributed by atoms with E-state index in [0.717, 1.165) is 22.7 Å². The molecular weight excluding hydrogens is 368 g/mol. The van der Waals surface area contributed by atoms with Crippen LogP contribution < -0.4 is 10.6 Å². The first-order valence-electron chi connectivity index (χ1n) is 9.98. The number of nitrogens with one attached hydrogen (secondary N) is 2. The van der Waals surface area contributed by atoms with Crippen molar-refractivity contribution >= 4 is 29.3 Å². The highest BCUT2D eigenvalue weighted by Crippen LogP contribution is 2.25. The molecule has 3 rings (SSSR count). The molecule has 2 aromatic rings. The van der Waals surface area contributed by atoms with Gasteiger partial charge in [0.25, 0.3) is 5.91 Å². The highest BCUT2D eigenvalue weighted by Gasteiger charge is 2.16. The quantitative estimate of drug-likeness (QED) is 0.645. The number of anilines is 1. The lowest BCUT2D eigenvalue weighted by atomic mass is 9.89. The maximum Gasteiger partial charge on any atom is 0.256 e. The van der Waals surface area contributed by atoms with Crippen molar-refractivity contribution in [3.05, 3.63) is 59.7 Å². The summed E-state index contributed by atoms with van der Waals surface area (Å²) in [5, 5.41) is 5.98. The van der Waals surface area contributed by atoms with Crippen LogP contribution in [-0.4, -0.2) is 24.1 Å². The van der Waals surface area contributed by atoms with E-state index < -0.39 is 0 Å². The maximum absolute atomic E-state index is 12.7. The van der Waals surface area contributed by atoms with Crippen molar-refractivity contribution in [2.75, 3.05) is 17.6 Å². The molecule has 0 atom stereocenters. The third kappa shape index (κ3) is 6.13. The number of amides is 2. The van der Waals surface area contributed by atoms with Gasteiger partial charge >= 0.3 is 0 Å². The van der Waals surface area contributed by atoms with Crippen LogP contribution in [0.1, 0.15) is 48.0 Å². The number of benzene rings is 2. The Morgan fingerprint density at radius 2 is 1.71 bits per heavy atom. The molecule has 5 heteroatoms. The van der Waals surface area contributed by atoms with E-state index >= 15 is 0 Å². The molecule has 2 aromatic carbocycles. The van der Waals surface area contributed by atoms with Crippen molar-refractivity contribution < 1.29 is 9.59 Å². The first-order valence-corrected chi connectivity index (χ1v) is 11.0. The summed E-state index contributed by atoms with van der Waals surface area (Å²) in [5.41, 5.74) is 2.50. The van der Waals surface area contributed by atoms with Crippen LogP contribution in [0.2, 0.25) is 0 Å². The standard InChI is InChI=1S/C23H28N2O2S/c1-17-11-13-19(14-12-17)25-23(27)20-9-5-6-10-21(20)28-16-22(26)24-15-18-7-3-2-4-8-18/h5-6,9-14,18H,2-4,7-8,15-16H2,1H3,(H,24,26)(H,25,27). The Morgan fingerprint density at radius 1 is 1.00 bits per heavy atom. The van der Waals surface area contributed by atoms with Gasteiger partial charge in [-0.1, -0.05) is 49.1 Å². The normalized spacial score (nSPS) is 14.5. The fourth-order valence-electron chi connectivity index (χ4n) is 3.46. The predicted octanol–water partition coefficient (Wildman–Crippen LogP) is 5.04. The van der Waals surface area contributed by atoms with E-state index in [-0.39, 0.29) is 11.8 Å². The van der Waals surface area contributed by atoms with E-state index in [2.05, 4.69) is 10.6 Å². The van der Waals surface area contributed by atoms with Gasteiger partial charge < -0.3 is 10.6 Å². The average molecular weight is 397 g/mol. The lowest BCUT2D eigenvalue weighted by Crippen LogP contribution is -2.31. The van der Waals surface area contributed by atoms with Gasteiger partial charge in [-0.2, -0.15) is 0 Å². The number of rotatable bonds is 7. The third-order valence-corrected chi connectivity index (χ3v) is 6.19. The van der Waals surface area contributed by atoms with E-state index in [9.17, 15) is 9.59 Å². The molecule has 4 nitrogen and oxygen atoms in total. The van der Waals surface area contributed by atoms with Gasteiger partial charge in [0, 0.05) is 17.1 Å². The van der Waals surface area contributed by atoms with Crippen molar-refractivity contribution in [2.24, 2.45) is 5.92 Å². The summed E-state index contributed by atoms with van der Waals surface area (Å²) in [6.07, 6.45) is 6.31. The molecule has 0 saturated heterocycles. The van der Waals surface area contributed by atoms with Gasteiger partial charge in [-0.15, -0.1) is 11.8 Å². The van der Waals surface area contributed by atoms with Gasteiger partial charge in [-0.05, 0) is 49.9 Å². The van der Waals surface area contributed by atoms with Crippen molar-refractivity contribution in [1.82, 2.24) is 5.32 Å². The fraction of sp³-hybridized carbons (Fsp3) is 0.391. The number of carbonyl (C=O) groups is 2. The van der Waals surface area contributed by atoms with Gasteiger partial charge in [0.1, 0.15) is 0 Å². The summed E-state index contributed by atoms with van der Waals surface area (Å²) >= 11 is 1.41. The Morgan fingerprint density at radius 3 is 2.46 bits per heavy atom. The smallest absolute Gasteiger partial charge is 0.256 e. The van der Waals surface area contributed by atoms with Crippen LogP contribution in [0.15, 0.2) is 53.4 Å². The molecule has 148 valence electrons. The zero-order valence-electron chi connectivity index (χ0n) is 16.4. The molecule has 2 amide bonds. The van der Waals surface area contributed by atoms with Crippen LogP contribution in [0.5, 0.6) is 0 Å². The largest absolute Gasteiger partial charge is 0.355 e. The van der Waals surface area contributed by atoms with Crippen molar-refractivity contribution in [2.45, 2.75) is 43.9 Å². The van der Waals surface area contributed by atoms with E-state index in [1.54, 1.807) is 6.07 Å². The van der Waals surface area contributed by atoms with E-state index in [1.165, 1.54) is 43.9 Å². The highest BCUT2D eigenvalue weighted by molar-refractivity contribution is 8.00. The monoisotopic (exact) mass is 396 g/mol. The molecule has 1 saturated carbocycles. The fourth-order valence-corrected chi connectivity index (χ4v) is 4.34. The lowest BCUT2D eigenvalue weighted by molar-refractivity contribution is -0.118. The topological polar surface area (TPSA) is 58.2 Å². The minimum atomic E-state index is -0.158. The number of carbonyl (C=O) groups excluding carboxylic acids is 2.